The van der Waals surface area contributed by atoms with E-state index in [4.69, 9.17) is 9.73 Å². The summed E-state index contributed by atoms with van der Waals surface area (Å²) in [7, 11) is 1.62. The number of aliphatic imine (C=N–C) groups is 1. The predicted molar refractivity (Wildman–Crippen MR) is 144 cm³/mol. The summed E-state index contributed by atoms with van der Waals surface area (Å²) in [5, 5.41) is 1.08. The normalized spacial score (nSPS) is 11.5. The van der Waals surface area contributed by atoms with Gasteiger partial charge >= 0.3 is 0 Å². The third-order valence-corrected chi connectivity index (χ3v) is 5.86. The summed E-state index contributed by atoms with van der Waals surface area (Å²) in [6, 6.07) is 33.3. The van der Waals surface area contributed by atoms with E-state index in [-0.39, 0.29) is 5.78 Å². The minimum Gasteiger partial charge on any atom is -0.496 e. The molecule has 1 N–H and O–H groups in total. The second kappa shape index (κ2) is 10.1. The fourth-order valence-corrected chi connectivity index (χ4v) is 4.12. The fraction of sp³-hybridized carbons (Fsp3) is 0.0323. The molecule has 0 aliphatic carbocycles. The van der Waals surface area contributed by atoms with E-state index in [0.717, 1.165) is 39.0 Å². The van der Waals surface area contributed by atoms with E-state index in [9.17, 15) is 4.79 Å². The quantitative estimate of drug-likeness (QED) is 0.157. The van der Waals surface area contributed by atoms with Crippen LogP contribution in [0.4, 0.5) is 5.69 Å². The van der Waals surface area contributed by atoms with Crippen LogP contribution in [0.1, 0.15) is 21.5 Å². The highest BCUT2D eigenvalue weighted by Crippen LogP contribution is 2.30. The minimum atomic E-state index is -0.120. The van der Waals surface area contributed by atoms with Crippen LogP contribution in [0.2, 0.25) is 0 Å². The number of nitrogens with one attached hydrogen (secondary N) is 1. The van der Waals surface area contributed by atoms with Crippen molar-refractivity contribution in [3.05, 3.63) is 126 Å². The molecule has 4 nitrogen and oxygen atoms in total. The van der Waals surface area contributed by atoms with Crippen molar-refractivity contribution in [1.29, 1.82) is 0 Å². The van der Waals surface area contributed by atoms with Gasteiger partial charge in [0.15, 0.2) is 5.78 Å². The number of H-pyrrole nitrogens is 1. The Balaban J connectivity index is 1.51. The standard InChI is InChI=1S/C31H24N2O2/c1-35-30-18-10-5-11-22(30)19-20-29(34)25-15-7-8-16-27(25)32-21-26-24-14-6-9-17-28(24)33-31(26)23-12-3-2-4-13-23/h2-21,33H,1H3/b20-19+,32-21?. The molecule has 1 aromatic heterocycles. The number of methoxy groups -OCH3 is 1. The van der Waals surface area contributed by atoms with Crippen LogP contribution in [0, 0.1) is 0 Å². The molecular weight excluding hydrogens is 432 g/mol. The predicted octanol–water partition coefficient (Wildman–Crippen LogP) is 7.49. The molecule has 0 spiro atoms. The van der Waals surface area contributed by atoms with Crippen molar-refractivity contribution in [3.63, 3.8) is 0 Å². The Morgan fingerprint density at radius 1 is 0.829 bits per heavy atom. The van der Waals surface area contributed by atoms with Gasteiger partial charge in [-0.05, 0) is 42.0 Å². The lowest BCUT2D eigenvalue weighted by Gasteiger charge is -2.05. The van der Waals surface area contributed by atoms with E-state index in [2.05, 4.69) is 29.2 Å². The lowest BCUT2D eigenvalue weighted by molar-refractivity contribution is 0.104. The molecule has 0 aliphatic heterocycles. The average molecular weight is 457 g/mol. The largest absolute Gasteiger partial charge is 0.496 e. The van der Waals surface area contributed by atoms with Crippen molar-refractivity contribution in [2.75, 3.05) is 7.11 Å². The monoisotopic (exact) mass is 456 g/mol. The molecule has 0 saturated heterocycles. The summed E-state index contributed by atoms with van der Waals surface area (Å²) in [6.07, 6.45) is 5.18. The Kier molecular flexibility index (Phi) is 6.35. The Labute approximate surface area is 204 Å². The topological polar surface area (TPSA) is 54.4 Å². The number of carbonyl (C=O) groups excluding carboxylic acids is 1. The molecule has 170 valence electrons. The summed E-state index contributed by atoms with van der Waals surface area (Å²) in [4.78, 5) is 21.4. The molecule has 35 heavy (non-hydrogen) atoms. The molecule has 5 aromatic rings. The van der Waals surface area contributed by atoms with Crippen LogP contribution < -0.4 is 4.74 Å². The van der Waals surface area contributed by atoms with Gasteiger partial charge in [0.2, 0.25) is 0 Å². The van der Waals surface area contributed by atoms with Crippen LogP contribution in [0.15, 0.2) is 114 Å². The van der Waals surface area contributed by atoms with Gasteiger partial charge in [-0.25, -0.2) is 0 Å². The molecule has 1 heterocycles. The summed E-state index contributed by atoms with van der Waals surface area (Å²) < 4.78 is 5.38. The maximum atomic E-state index is 13.1. The molecular formula is C31H24N2O2. The number of para-hydroxylation sites is 3. The first-order chi connectivity index (χ1) is 17.2. The number of hydrogen-bond donors (Lipinski definition) is 1. The SMILES string of the molecule is COc1ccccc1/C=C/C(=O)c1ccccc1N=Cc1c(-c2ccccc2)[nH]c2ccccc12. The number of nitrogens with zero attached hydrogens (tertiary/aromatic N) is 1. The summed E-state index contributed by atoms with van der Waals surface area (Å²) >= 11 is 0. The number of aromatic amines is 1. The molecule has 0 atom stereocenters. The Morgan fingerprint density at radius 3 is 2.40 bits per heavy atom. The van der Waals surface area contributed by atoms with Gasteiger partial charge in [-0.2, -0.15) is 0 Å². The van der Waals surface area contributed by atoms with E-state index in [0.29, 0.717) is 11.3 Å². The molecule has 0 amide bonds. The summed E-state index contributed by atoms with van der Waals surface area (Å²) in [5.41, 5.74) is 6.10. The lowest BCUT2D eigenvalue weighted by atomic mass is 10.1. The molecule has 0 radical (unpaired) electrons. The van der Waals surface area contributed by atoms with Crippen molar-refractivity contribution in [2.45, 2.75) is 0 Å². The van der Waals surface area contributed by atoms with Gasteiger partial charge in [-0.1, -0.05) is 78.9 Å². The number of rotatable bonds is 7. The fourth-order valence-electron chi connectivity index (χ4n) is 4.12. The van der Waals surface area contributed by atoms with Crippen molar-refractivity contribution in [2.24, 2.45) is 4.99 Å². The number of benzene rings is 4. The first kappa shape index (κ1) is 22.1. The van der Waals surface area contributed by atoms with Gasteiger partial charge in [0.05, 0.1) is 18.5 Å². The smallest absolute Gasteiger partial charge is 0.188 e. The van der Waals surface area contributed by atoms with Crippen LogP contribution in [-0.4, -0.2) is 24.1 Å². The third-order valence-electron chi connectivity index (χ3n) is 5.86. The number of allylic oxidation sites excluding steroid dienone is 1. The first-order valence-electron chi connectivity index (χ1n) is 11.4. The minimum absolute atomic E-state index is 0.120. The van der Waals surface area contributed by atoms with Crippen LogP contribution >= 0.6 is 0 Å². The van der Waals surface area contributed by atoms with Gasteiger partial charge in [-0.15, -0.1) is 0 Å². The molecule has 4 aromatic carbocycles. The number of hydrogen-bond acceptors (Lipinski definition) is 3. The number of ketones is 1. The van der Waals surface area contributed by atoms with E-state index in [1.807, 2.05) is 79.0 Å². The molecule has 0 aliphatic rings. The molecule has 5 rings (SSSR count). The maximum Gasteiger partial charge on any atom is 0.188 e. The molecule has 0 saturated carbocycles. The van der Waals surface area contributed by atoms with E-state index in [1.165, 1.54) is 0 Å². The van der Waals surface area contributed by atoms with E-state index < -0.39 is 0 Å². The second-order valence-corrected chi connectivity index (χ2v) is 8.04. The van der Waals surface area contributed by atoms with Gasteiger partial charge in [0.25, 0.3) is 0 Å². The number of carbonyl (C=O) groups is 1. The second-order valence-electron chi connectivity index (χ2n) is 8.04. The molecule has 0 fully saturated rings. The van der Waals surface area contributed by atoms with Crippen molar-refractivity contribution < 1.29 is 9.53 Å². The van der Waals surface area contributed by atoms with Crippen molar-refractivity contribution >= 4 is 34.7 Å². The highest BCUT2D eigenvalue weighted by atomic mass is 16.5. The first-order valence-corrected chi connectivity index (χ1v) is 11.4. The number of ether oxygens (including phenoxy) is 1. The lowest BCUT2D eigenvalue weighted by Crippen LogP contribution is -1.95. The highest BCUT2D eigenvalue weighted by Gasteiger charge is 2.12. The van der Waals surface area contributed by atoms with Crippen LogP contribution in [0.25, 0.3) is 28.2 Å². The number of fused-ring (bicyclic) bond motifs is 1. The Morgan fingerprint density at radius 2 is 1.54 bits per heavy atom. The van der Waals surface area contributed by atoms with Crippen molar-refractivity contribution in [1.82, 2.24) is 4.98 Å². The van der Waals surface area contributed by atoms with Crippen LogP contribution in [0.5, 0.6) is 5.75 Å². The zero-order chi connectivity index (χ0) is 24.0. The molecule has 0 unspecified atom stereocenters. The van der Waals surface area contributed by atoms with Gasteiger partial charge < -0.3 is 9.72 Å². The summed E-state index contributed by atoms with van der Waals surface area (Å²) in [6.45, 7) is 0. The van der Waals surface area contributed by atoms with Crippen LogP contribution in [-0.2, 0) is 0 Å². The average Bonchev–Trinajstić information content (AvgIpc) is 3.30. The zero-order valence-corrected chi connectivity index (χ0v) is 19.3. The van der Waals surface area contributed by atoms with E-state index in [1.54, 1.807) is 25.3 Å². The Bertz CT molecular complexity index is 1550. The van der Waals surface area contributed by atoms with Crippen LogP contribution in [0.3, 0.4) is 0 Å². The zero-order valence-electron chi connectivity index (χ0n) is 19.3. The molecule has 4 heteroatoms. The van der Waals surface area contributed by atoms with Gasteiger partial charge in [-0.3, -0.25) is 9.79 Å². The summed E-state index contributed by atoms with van der Waals surface area (Å²) in [5.74, 6) is 0.599. The van der Waals surface area contributed by atoms with Gasteiger partial charge in [0.1, 0.15) is 5.75 Å². The Hall–Kier alpha value is -4.70. The van der Waals surface area contributed by atoms with Crippen molar-refractivity contribution in [3.8, 4) is 17.0 Å². The molecule has 0 bridgehead atoms. The maximum absolute atomic E-state index is 13.1. The third kappa shape index (κ3) is 4.68. The highest BCUT2D eigenvalue weighted by molar-refractivity contribution is 6.11. The van der Waals surface area contributed by atoms with Gasteiger partial charge in [0, 0.05) is 33.8 Å². The van der Waals surface area contributed by atoms with E-state index >= 15 is 0 Å². The number of aromatic nitrogens is 1.